The van der Waals surface area contributed by atoms with Crippen molar-refractivity contribution >= 4 is 18.3 Å². The molecule has 0 heterocycles. The van der Waals surface area contributed by atoms with Crippen molar-refractivity contribution < 1.29 is 9.18 Å². The van der Waals surface area contributed by atoms with Crippen molar-refractivity contribution in [3.8, 4) is 0 Å². The molecular formula is C10H13ClFNO. The lowest BCUT2D eigenvalue weighted by atomic mass is 10.2. The summed E-state index contributed by atoms with van der Waals surface area (Å²) in [5.74, 6) is -0.853. The lowest BCUT2D eigenvalue weighted by Gasteiger charge is -2.08. The zero-order chi connectivity index (χ0) is 9.84. The van der Waals surface area contributed by atoms with Gasteiger partial charge in [0, 0.05) is 6.04 Å². The Balaban J connectivity index is 0.00000169. The molecule has 0 unspecified atom stereocenters. The Labute approximate surface area is 88.9 Å². The highest BCUT2D eigenvalue weighted by molar-refractivity contribution is 5.94. The number of hydrogen-bond donors (Lipinski definition) is 1. The van der Waals surface area contributed by atoms with Crippen LogP contribution in [-0.2, 0) is 0 Å². The largest absolute Gasteiger partial charge is 0.350 e. The van der Waals surface area contributed by atoms with E-state index in [1.165, 1.54) is 12.1 Å². The zero-order valence-electron chi connectivity index (χ0n) is 8.08. The topological polar surface area (TPSA) is 29.1 Å². The molecule has 0 aliphatic carbocycles. The third kappa shape index (κ3) is 3.34. The standard InChI is InChI=1S/C10H12FNO.ClH/c1-7(2)12-10(13)8-5-3-4-6-9(8)11;/h3-7H,1-2H3,(H,12,13);1H. The van der Waals surface area contributed by atoms with E-state index in [-0.39, 0.29) is 29.9 Å². The zero-order valence-corrected chi connectivity index (χ0v) is 8.90. The van der Waals surface area contributed by atoms with E-state index in [4.69, 9.17) is 0 Å². The summed E-state index contributed by atoms with van der Waals surface area (Å²) in [6, 6.07) is 5.95. The van der Waals surface area contributed by atoms with Gasteiger partial charge in [-0.3, -0.25) is 4.79 Å². The molecule has 0 radical (unpaired) electrons. The van der Waals surface area contributed by atoms with Crippen molar-refractivity contribution in [3.63, 3.8) is 0 Å². The van der Waals surface area contributed by atoms with Crippen molar-refractivity contribution in [3.05, 3.63) is 35.6 Å². The summed E-state index contributed by atoms with van der Waals surface area (Å²) in [5, 5.41) is 2.62. The van der Waals surface area contributed by atoms with Crippen LogP contribution in [0, 0.1) is 5.82 Å². The summed E-state index contributed by atoms with van der Waals surface area (Å²) in [4.78, 5) is 11.3. The second-order valence-corrected chi connectivity index (χ2v) is 3.11. The van der Waals surface area contributed by atoms with Gasteiger partial charge >= 0.3 is 0 Å². The van der Waals surface area contributed by atoms with E-state index >= 15 is 0 Å². The van der Waals surface area contributed by atoms with Crippen molar-refractivity contribution in [2.45, 2.75) is 19.9 Å². The normalized spacial score (nSPS) is 9.43. The molecule has 1 aromatic carbocycles. The quantitative estimate of drug-likeness (QED) is 0.810. The lowest BCUT2D eigenvalue weighted by Crippen LogP contribution is -2.30. The molecule has 78 valence electrons. The molecule has 0 bridgehead atoms. The Morgan fingerprint density at radius 3 is 2.43 bits per heavy atom. The van der Waals surface area contributed by atoms with Gasteiger partial charge in [0.25, 0.3) is 5.91 Å². The van der Waals surface area contributed by atoms with Gasteiger partial charge in [0.05, 0.1) is 5.56 Å². The van der Waals surface area contributed by atoms with E-state index in [1.54, 1.807) is 12.1 Å². The van der Waals surface area contributed by atoms with E-state index in [2.05, 4.69) is 5.32 Å². The number of hydrogen-bond acceptors (Lipinski definition) is 1. The highest BCUT2D eigenvalue weighted by Gasteiger charge is 2.10. The number of rotatable bonds is 2. The number of carbonyl (C=O) groups is 1. The maximum atomic E-state index is 13.0. The fourth-order valence-electron chi connectivity index (χ4n) is 0.985. The highest BCUT2D eigenvalue weighted by Crippen LogP contribution is 2.05. The monoisotopic (exact) mass is 217 g/mol. The highest BCUT2D eigenvalue weighted by atomic mass is 35.5. The maximum Gasteiger partial charge on any atom is 0.254 e. The molecule has 1 aromatic rings. The van der Waals surface area contributed by atoms with Gasteiger partial charge in [0.15, 0.2) is 0 Å². The molecule has 0 atom stereocenters. The van der Waals surface area contributed by atoms with E-state index < -0.39 is 5.82 Å². The van der Waals surface area contributed by atoms with Crippen LogP contribution in [0.3, 0.4) is 0 Å². The first-order chi connectivity index (χ1) is 6.11. The maximum absolute atomic E-state index is 13.0. The van der Waals surface area contributed by atoms with Gasteiger partial charge in [-0.1, -0.05) is 12.1 Å². The second kappa shape index (κ2) is 5.60. The molecule has 0 aromatic heterocycles. The molecule has 14 heavy (non-hydrogen) atoms. The smallest absolute Gasteiger partial charge is 0.254 e. The molecule has 4 heteroatoms. The van der Waals surface area contributed by atoms with Gasteiger partial charge in [-0.2, -0.15) is 0 Å². The van der Waals surface area contributed by atoms with Crippen LogP contribution in [-0.4, -0.2) is 11.9 Å². The molecule has 1 amide bonds. The molecule has 0 saturated heterocycles. The van der Waals surface area contributed by atoms with Crippen LogP contribution in [0.5, 0.6) is 0 Å². The molecule has 0 aliphatic rings. The van der Waals surface area contributed by atoms with Crippen LogP contribution >= 0.6 is 12.4 Å². The first-order valence-corrected chi connectivity index (χ1v) is 4.16. The van der Waals surface area contributed by atoms with Crippen molar-refractivity contribution in [1.82, 2.24) is 5.32 Å². The van der Waals surface area contributed by atoms with E-state index in [1.807, 2.05) is 13.8 Å². The summed E-state index contributed by atoms with van der Waals surface area (Å²) < 4.78 is 13.0. The number of amides is 1. The number of halogens is 2. The Hall–Kier alpha value is -1.09. The SMILES string of the molecule is CC(C)NC(=O)c1ccccc1F.Cl. The Morgan fingerprint density at radius 1 is 1.36 bits per heavy atom. The molecule has 0 fully saturated rings. The number of nitrogens with one attached hydrogen (secondary N) is 1. The predicted molar refractivity (Wildman–Crippen MR) is 56.3 cm³/mol. The van der Waals surface area contributed by atoms with E-state index in [9.17, 15) is 9.18 Å². The summed E-state index contributed by atoms with van der Waals surface area (Å²) in [6.45, 7) is 3.66. The van der Waals surface area contributed by atoms with Crippen LogP contribution in [0.1, 0.15) is 24.2 Å². The summed E-state index contributed by atoms with van der Waals surface area (Å²) >= 11 is 0. The minimum Gasteiger partial charge on any atom is -0.350 e. The molecule has 1 rings (SSSR count). The van der Waals surface area contributed by atoms with Gasteiger partial charge in [-0.05, 0) is 26.0 Å². The van der Waals surface area contributed by atoms with Crippen LogP contribution in [0.25, 0.3) is 0 Å². The van der Waals surface area contributed by atoms with E-state index in [0.717, 1.165) is 0 Å². The predicted octanol–water partition coefficient (Wildman–Crippen LogP) is 2.39. The Bertz CT molecular complexity index is 315. The third-order valence-corrected chi connectivity index (χ3v) is 1.54. The fraction of sp³-hybridized carbons (Fsp3) is 0.300. The minimum absolute atomic E-state index is 0. The number of carbonyl (C=O) groups excluding carboxylic acids is 1. The van der Waals surface area contributed by atoms with Gasteiger partial charge in [-0.15, -0.1) is 12.4 Å². The first-order valence-electron chi connectivity index (χ1n) is 4.16. The van der Waals surface area contributed by atoms with Gasteiger partial charge in [0.2, 0.25) is 0 Å². The average molecular weight is 218 g/mol. The molecule has 0 aliphatic heterocycles. The van der Waals surface area contributed by atoms with Gasteiger partial charge < -0.3 is 5.32 Å². The van der Waals surface area contributed by atoms with Crippen LogP contribution in [0.2, 0.25) is 0 Å². The van der Waals surface area contributed by atoms with E-state index in [0.29, 0.717) is 0 Å². The Morgan fingerprint density at radius 2 is 1.93 bits per heavy atom. The first kappa shape index (κ1) is 12.9. The van der Waals surface area contributed by atoms with Gasteiger partial charge in [-0.25, -0.2) is 4.39 Å². The van der Waals surface area contributed by atoms with Gasteiger partial charge in [0.1, 0.15) is 5.82 Å². The minimum atomic E-state index is -0.486. The molecular weight excluding hydrogens is 205 g/mol. The summed E-state index contributed by atoms with van der Waals surface area (Å²) in [7, 11) is 0. The van der Waals surface area contributed by atoms with Crippen molar-refractivity contribution in [1.29, 1.82) is 0 Å². The Kier molecular flexibility index (Phi) is 5.16. The van der Waals surface area contributed by atoms with Crippen molar-refractivity contribution in [2.75, 3.05) is 0 Å². The lowest BCUT2D eigenvalue weighted by molar-refractivity contribution is 0.0939. The second-order valence-electron chi connectivity index (χ2n) is 3.11. The number of benzene rings is 1. The fourth-order valence-corrected chi connectivity index (χ4v) is 0.985. The molecule has 1 N–H and O–H groups in total. The molecule has 0 spiro atoms. The van der Waals surface area contributed by atoms with Crippen molar-refractivity contribution in [2.24, 2.45) is 0 Å². The molecule has 0 saturated carbocycles. The van der Waals surface area contributed by atoms with Crippen LogP contribution in [0.15, 0.2) is 24.3 Å². The summed E-state index contributed by atoms with van der Waals surface area (Å²) in [5.41, 5.74) is 0.0937. The summed E-state index contributed by atoms with van der Waals surface area (Å²) in [6.07, 6.45) is 0. The molecule has 2 nitrogen and oxygen atoms in total. The van der Waals surface area contributed by atoms with Crippen LogP contribution in [0.4, 0.5) is 4.39 Å². The third-order valence-electron chi connectivity index (χ3n) is 1.54. The van der Waals surface area contributed by atoms with Crippen LogP contribution < -0.4 is 5.32 Å². The average Bonchev–Trinajstić information content (AvgIpc) is 2.03.